The Morgan fingerprint density at radius 2 is 2.06 bits per heavy atom. The van der Waals surface area contributed by atoms with Gasteiger partial charge in [-0.15, -0.1) is 0 Å². The zero-order valence-corrected chi connectivity index (χ0v) is 10.0. The first-order valence-corrected chi connectivity index (χ1v) is 5.45. The number of alkyl halides is 3. The summed E-state index contributed by atoms with van der Waals surface area (Å²) in [7, 11) is 0. The molecule has 2 unspecified atom stereocenters. The number of amides is 1. The van der Waals surface area contributed by atoms with Crippen LogP contribution in [0.2, 0.25) is 0 Å². The molecule has 17 heavy (non-hydrogen) atoms. The number of carbonyl (C=O) groups is 1. The van der Waals surface area contributed by atoms with Crippen LogP contribution in [0.1, 0.15) is 20.3 Å². The molecule has 3 N–H and O–H groups in total. The third-order valence-electron chi connectivity index (χ3n) is 2.37. The van der Waals surface area contributed by atoms with Crippen LogP contribution in [0, 0.1) is 5.92 Å². The highest BCUT2D eigenvalue weighted by Gasteiger charge is 2.27. The second kappa shape index (κ2) is 7.50. The van der Waals surface area contributed by atoms with E-state index in [0.717, 1.165) is 6.42 Å². The van der Waals surface area contributed by atoms with Crippen molar-refractivity contribution in [1.82, 2.24) is 5.32 Å². The average molecular weight is 256 g/mol. The molecule has 0 spiro atoms. The van der Waals surface area contributed by atoms with E-state index in [2.05, 4.69) is 10.1 Å². The molecule has 0 aliphatic heterocycles. The Morgan fingerprint density at radius 3 is 2.53 bits per heavy atom. The van der Waals surface area contributed by atoms with Gasteiger partial charge < -0.3 is 15.8 Å². The second-order valence-corrected chi connectivity index (χ2v) is 3.87. The minimum Gasteiger partial charge on any atom is -0.370 e. The molecule has 0 aliphatic rings. The maximum absolute atomic E-state index is 11.7. The lowest BCUT2D eigenvalue weighted by molar-refractivity contribution is -0.173. The molecule has 1 amide bonds. The summed E-state index contributed by atoms with van der Waals surface area (Å²) >= 11 is 0. The third kappa shape index (κ3) is 7.98. The molecule has 0 saturated heterocycles. The van der Waals surface area contributed by atoms with E-state index in [4.69, 9.17) is 5.73 Å². The molecule has 2 atom stereocenters. The molecule has 0 fully saturated rings. The molecule has 0 rings (SSSR count). The molecule has 0 aromatic carbocycles. The Bertz CT molecular complexity index is 234. The van der Waals surface area contributed by atoms with E-state index in [-0.39, 0.29) is 25.0 Å². The first-order valence-electron chi connectivity index (χ1n) is 5.45. The van der Waals surface area contributed by atoms with Gasteiger partial charge in [0.05, 0.1) is 12.6 Å². The van der Waals surface area contributed by atoms with Crippen molar-refractivity contribution >= 4 is 5.91 Å². The summed E-state index contributed by atoms with van der Waals surface area (Å²) in [5.74, 6) is -0.332. The smallest absolute Gasteiger partial charge is 0.370 e. The zero-order chi connectivity index (χ0) is 13.5. The van der Waals surface area contributed by atoms with Crippen molar-refractivity contribution in [3.05, 3.63) is 0 Å². The van der Waals surface area contributed by atoms with Crippen LogP contribution in [-0.2, 0) is 9.53 Å². The van der Waals surface area contributed by atoms with Gasteiger partial charge in [-0.2, -0.15) is 13.2 Å². The summed E-state index contributed by atoms with van der Waals surface area (Å²) in [6, 6.07) is -0.636. The third-order valence-corrected chi connectivity index (χ3v) is 2.37. The molecule has 0 aromatic rings. The number of nitrogens with one attached hydrogen (secondary N) is 1. The number of hydrogen-bond donors (Lipinski definition) is 2. The Hall–Kier alpha value is -0.820. The van der Waals surface area contributed by atoms with E-state index in [0.29, 0.717) is 0 Å². The number of rotatable bonds is 7. The van der Waals surface area contributed by atoms with Gasteiger partial charge in [-0.05, 0) is 5.92 Å². The second-order valence-electron chi connectivity index (χ2n) is 3.87. The van der Waals surface area contributed by atoms with E-state index in [1.54, 1.807) is 0 Å². The molecule has 7 heteroatoms. The molecule has 0 saturated carbocycles. The number of ether oxygens (including phenoxy) is 1. The van der Waals surface area contributed by atoms with E-state index in [9.17, 15) is 18.0 Å². The fourth-order valence-corrected chi connectivity index (χ4v) is 1.06. The molecule has 0 aliphatic carbocycles. The van der Waals surface area contributed by atoms with Crippen LogP contribution in [0.5, 0.6) is 0 Å². The molecule has 0 heterocycles. The molecule has 4 nitrogen and oxygen atoms in total. The predicted molar refractivity (Wildman–Crippen MR) is 57.3 cm³/mol. The fraction of sp³-hybridized carbons (Fsp3) is 0.900. The Kier molecular flexibility index (Phi) is 7.13. The quantitative estimate of drug-likeness (QED) is 0.669. The summed E-state index contributed by atoms with van der Waals surface area (Å²) in [5.41, 5.74) is 5.62. The van der Waals surface area contributed by atoms with Crippen molar-refractivity contribution in [2.24, 2.45) is 11.7 Å². The Balaban J connectivity index is 3.65. The Labute approximate surface area is 98.7 Å². The van der Waals surface area contributed by atoms with Gasteiger partial charge in [0.25, 0.3) is 0 Å². The monoisotopic (exact) mass is 256 g/mol. The van der Waals surface area contributed by atoms with Crippen molar-refractivity contribution in [2.75, 3.05) is 19.8 Å². The van der Waals surface area contributed by atoms with E-state index in [1.165, 1.54) is 0 Å². The summed E-state index contributed by atoms with van der Waals surface area (Å²) in [5, 5.41) is 2.43. The van der Waals surface area contributed by atoms with E-state index < -0.39 is 18.8 Å². The topological polar surface area (TPSA) is 64.4 Å². The number of hydrogen-bond acceptors (Lipinski definition) is 3. The predicted octanol–water partition coefficient (Wildman–Crippen LogP) is 1.05. The minimum atomic E-state index is -4.34. The lowest BCUT2D eigenvalue weighted by atomic mass is 9.99. The molecule has 0 radical (unpaired) electrons. The highest BCUT2D eigenvalue weighted by molar-refractivity contribution is 5.81. The van der Waals surface area contributed by atoms with Crippen LogP contribution in [0.3, 0.4) is 0 Å². The van der Waals surface area contributed by atoms with Gasteiger partial charge in [0.15, 0.2) is 0 Å². The van der Waals surface area contributed by atoms with E-state index in [1.807, 2.05) is 13.8 Å². The van der Waals surface area contributed by atoms with Crippen molar-refractivity contribution in [2.45, 2.75) is 32.5 Å². The van der Waals surface area contributed by atoms with Crippen LogP contribution >= 0.6 is 0 Å². The Morgan fingerprint density at radius 1 is 1.47 bits per heavy atom. The lowest BCUT2D eigenvalue weighted by Crippen LogP contribution is -2.45. The number of carbonyl (C=O) groups excluding carboxylic acids is 1. The minimum absolute atomic E-state index is 0.0268. The summed E-state index contributed by atoms with van der Waals surface area (Å²) in [6.45, 7) is 2.28. The van der Waals surface area contributed by atoms with Gasteiger partial charge in [-0.1, -0.05) is 20.3 Å². The van der Waals surface area contributed by atoms with Gasteiger partial charge >= 0.3 is 6.18 Å². The van der Waals surface area contributed by atoms with Crippen molar-refractivity contribution in [3.8, 4) is 0 Å². The zero-order valence-electron chi connectivity index (χ0n) is 10.0. The van der Waals surface area contributed by atoms with Crippen LogP contribution in [0.15, 0.2) is 0 Å². The molecular formula is C10H19F3N2O2. The largest absolute Gasteiger partial charge is 0.411 e. The van der Waals surface area contributed by atoms with Crippen molar-refractivity contribution < 1.29 is 22.7 Å². The van der Waals surface area contributed by atoms with Crippen molar-refractivity contribution in [3.63, 3.8) is 0 Å². The first-order chi connectivity index (χ1) is 7.78. The number of halogens is 3. The summed E-state index contributed by atoms with van der Waals surface area (Å²) in [4.78, 5) is 11.4. The SMILES string of the molecule is CCC(C)C(N)C(=O)NCCOCC(F)(F)F. The first kappa shape index (κ1) is 16.2. The average Bonchev–Trinajstić information content (AvgIpc) is 2.24. The fourth-order valence-electron chi connectivity index (χ4n) is 1.06. The maximum Gasteiger partial charge on any atom is 0.411 e. The summed E-state index contributed by atoms with van der Waals surface area (Å²) < 4.78 is 39.4. The van der Waals surface area contributed by atoms with Gasteiger partial charge in [0, 0.05) is 6.54 Å². The maximum atomic E-state index is 11.7. The summed E-state index contributed by atoms with van der Waals surface area (Å²) in [6.07, 6.45) is -3.57. The van der Waals surface area contributed by atoms with Crippen LogP contribution in [0.4, 0.5) is 13.2 Å². The highest BCUT2D eigenvalue weighted by Crippen LogP contribution is 2.13. The standard InChI is InChI=1S/C10H19F3N2O2/c1-3-7(2)8(14)9(16)15-4-5-17-6-10(11,12)13/h7-8H,3-6,14H2,1-2H3,(H,15,16). The van der Waals surface area contributed by atoms with Gasteiger partial charge in [0.1, 0.15) is 6.61 Å². The van der Waals surface area contributed by atoms with Crippen molar-refractivity contribution in [1.29, 1.82) is 0 Å². The molecule has 0 aromatic heterocycles. The lowest BCUT2D eigenvalue weighted by Gasteiger charge is -2.17. The number of nitrogens with two attached hydrogens (primary N) is 1. The van der Waals surface area contributed by atoms with Crippen LogP contribution < -0.4 is 11.1 Å². The van der Waals surface area contributed by atoms with Gasteiger partial charge in [-0.3, -0.25) is 4.79 Å². The van der Waals surface area contributed by atoms with Gasteiger partial charge in [-0.25, -0.2) is 0 Å². The highest BCUT2D eigenvalue weighted by atomic mass is 19.4. The van der Waals surface area contributed by atoms with Crippen LogP contribution in [0.25, 0.3) is 0 Å². The normalized spacial score (nSPS) is 15.4. The molecule has 0 bridgehead atoms. The van der Waals surface area contributed by atoms with Crippen LogP contribution in [-0.4, -0.2) is 37.9 Å². The van der Waals surface area contributed by atoms with Gasteiger partial charge in [0.2, 0.25) is 5.91 Å². The molecule has 102 valence electrons. The van der Waals surface area contributed by atoms with E-state index >= 15 is 0 Å². The molecular weight excluding hydrogens is 237 g/mol.